The van der Waals surface area contributed by atoms with Crippen LogP contribution in [-0.4, -0.2) is 33.0 Å². The van der Waals surface area contributed by atoms with Crippen molar-refractivity contribution in [3.63, 3.8) is 0 Å². The van der Waals surface area contributed by atoms with E-state index >= 15 is 0 Å². The van der Waals surface area contributed by atoms with Crippen molar-refractivity contribution in [2.75, 3.05) is 12.3 Å². The molecule has 0 saturated carbocycles. The maximum Gasteiger partial charge on any atom is 0.230 e. The van der Waals surface area contributed by atoms with E-state index in [1.807, 2.05) is 6.07 Å². The zero-order valence-corrected chi connectivity index (χ0v) is 17.9. The number of thiophene rings is 1. The predicted octanol–water partition coefficient (Wildman–Crippen LogP) is 4.04. The third-order valence-electron chi connectivity index (χ3n) is 4.21. The first-order chi connectivity index (χ1) is 13.6. The Bertz CT molecular complexity index is 860. The fourth-order valence-corrected chi connectivity index (χ4v) is 4.25. The summed E-state index contributed by atoms with van der Waals surface area (Å²) in [5.41, 5.74) is 1.28. The van der Waals surface area contributed by atoms with Gasteiger partial charge in [-0.15, -0.1) is 21.5 Å². The van der Waals surface area contributed by atoms with Crippen LogP contribution in [0.3, 0.4) is 0 Å². The van der Waals surface area contributed by atoms with Crippen LogP contribution < -0.4 is 5.32 Å². The van der Waals surface area contributed by atoms with Gasteiger partial charge in [-0.25, -0.2) is 0 Å². The van der Waals surface area contributed by atoms with Gasteiger partial charge in [-0.1, -0.05) is 62.0 Å². The van der Waals surface area contributed by atoms with Crippen LogP contribution in [0, 0.1) is 5.92 Å². The second kappa shape index (κ2) is 10.4. The van der Waals surface area contributed by atoms with E-state index in [1.165, 1.54) is 22.2 Å². The molecule has 148 valence electrons. The number of nitrogens with zero attached hydrogens (tertiary/aromatic N) is 3. The molecular formula is C21H26N4OS2. The van der Waals surface area contributed by atoms with Crippen LogP contribution in [0.25, 0.3) is 0 Å². The lowest BCUT2D eigenvalue weighted by molar-refractivity contribution is -0.118. The van der Waals surface area contributed by atoms with Gasteiger partial charge in [0.05, 0.1) is 5.75 Å². The lowest BCUT2D eigenvalue weighted by Gasteiger charge is -2.11. The highest BCUT2D eigenvalue weighted by Gasteiger charge is 2.15. The molecule has 1 N–H and O–H groups in total. The van der Waals surface area contributed by atoms with E-state index in [2.05, 4.69) is 75.7 Å². The zero-order chi connectivity index (χ0) is 19.8. The minimum atomic E-state index is 0.0381. The molecule has 0 bridgehead atoms. The Kier molecular flexibility index (Phi) is 7.68. The first kappa shape index (κ1) is 20.6. The third kappa shape index (κ3) is 6.21. The largest absolute Gasteiger partial charge is 0.355 e. The monoisotopic (exact) mass is 414 g/mol. The molecule has 0 spiro atoms. The summed E-state index contributed by atoms with van der Waals surface area (Å²) >= 11 is 3.18. The number of carbonyl (C=O) groups excluding carboxylic acids is 1. The van der Waals surface area contributed by atoms with Gasteiger partial charge >= 0.3 is 0 Å². The number of aromatic nitrogens is 3. The summed E-state index contributed by atoms with van der Waals surface area (Å²) in [6, 6.07) is 14.6. The van der Waals surface area contributed by atoms with Gasteiger partial charge in [0.15, 0.2) is 5.16 Å². The van der Waals surface area contributed by atoms with Gasteiger partial charge < -0.3 is 9.88 Å². The first-order valence-electron chi connectivity index (χ1n) is 9.49. The average molecular weight is 415 g/mol. The van der Waals surface area contributed by atoms with Crippen LogP contribution in [-0.2, 0) is 24.2 Å². The number of carbonyl (C=O) groups is 1. The standard InChI is InChI=1S/C21H26N4OS2/c1-16(2)14-22-20(26)15-28-21-24-23-19(13-18-9-6-12-27-18)25(21)11-10-17-7-4-3-5-8-17/h3-9,12,16H,10-11,13-15H2,1-2H3,(H,22,26). The normalized spacial score (nSPS) is 11.1. The maximum absolute atomic E-state index is 12.1. The molecule has 0 atom stereocenters. The van der Waals surface area contributed by atoms with Gasteiger partial charge in [0.25, 0.3) is 0 Å². The lowest BCUT2D eigenvalue weighted by atomic mass is 10.1. The molecule has 0 aliphatic heterocycles. The van der Waals surface area contributed by atoms with Crippen LogP contribution in [0.1, 0.15) is 30.1 Å². The molecule has 0 fully saturated rings. The van der Waals surface area contributed by atoms with E-state index < -0.39 is 0 Å². The molecule has 0 radical (unpaired) electrons. The summed E-state index contributed by atoms with van der Waals surface area (Å²) < 4.78 is 2.16. The third-order valence-corrected chi connectivity index (χ3v) is 6.06. The summed E-state index contributed by atoms with van der Waals surface area (Å²) in [6.07, 6.45) is 1.67. The number of thioether (sulfide) groups is 1. The minimum Gasteiger partial charge on any atom is -0.355 e. The van der Waals surface area contributed by atoms with E-state index in [9.17, 15) is 4.79 Å². The molecule has 28 heavy (non-hydrogen) atoms. The Morgan fingerprint density at radius 1 is 1.18 bits per heavy atom. The number of hydrogen-bond acceptors (Lipinski definition) is 5. The van der Waals surface area contributed by atoms with E-state index in [0.29, 0.717) is 18.2 Å². The summed E-state index contributed by atoms with van der Waals surface area (Å²) in [5, 5.41) is 14.6. The highest BCUT2D eigenvalue weighted by atomic mass is 32.2. The Balaban J connectivity index is 1.69. The maximum atomic E-state index is 12.1. The molecule has 3 rings (SSSR count). The fourth-order valence-electron chi connectivity index (χ4n) is 2.73. The minimum absolute atomic E-state index is 0.0381. The van der Waals surface area contributed by atoms with Gasteiger partial charge in [-0.2, -0.15) is 0 Å². The molecular weight excluding hydrogens is 388 g/mol. The van der Waals surface area contributed by atoms with E-state index in [1.54, 1.807) is 11.3 Å². The van der Waals surface area contributed by atoms with Crippen LogP contribution in [0.15, 0.2) is 53.0 Å². The van der Waals surface area contributed by atoms with Crippen LogP contribution in [0.5, 0.6) is 0 Å². The number of aryl methyl sites for hydroxylation is 1. The van der Waals surface area contributed by atoms with Gasteiger partial charge in [0.1, 0.15) is 5.82 Å². The van der Waals surface area contributed by atoms with Crippen LogP contribution in [0.2, 0.25) is 0 Å². The highest BCUT2D eigenvalue weighted by Crippen LogP contribution is 2.21. The zero-order valence-electron chi connectivity index (χ0n) is 16.3. The van der Waals surface area contributed by atoms with Crippen molar-refractivity contribution in [2.45, 2.75) is 38.4 Å². The molecule has 0 saturated heterocycles. The SMILES string of the molecule is CC(C)CNC(=O)CSc1nnc(Cc2cccs2)n1CCc1ccccc1. The Labute approximate surface area is 174 Å². The Morgan fingerprint density at radius 3 is 2.71 bits per heavy atom. The molecule has 5 nitrogen and oxygen atoms in total. The molecule has 3 aromatic rings. The van der Waals surface area contributed by atoms with Crippen molar-refractivity contribution in [1.82, 2.24) is 20.1 Å². The smallest absolute Gasteiger partial charge is 0.230 e. The van der Waals surface area contributed by atoms with Gasteiger partial charge in [-0.05, 0) is 29.3 Å². The number of hydrogen-bond donors (Lipinski definition) is 1. The summed E-state index contributed by atoms with van der Waals surface area (Å²) in [7, 11) is 0. The summed E-state index contributed by atoms with van der Waals surface area (Å²) in [4.78, 5) is 13.4. The number of rotatable bonds is 10. The molecule has 7 heteroatoms. The Morgan fingerprint density at radius 2 is 2.00 bits per heavy atom. The average Bonchev–Trinajstić information content (AvgIpc) is 3.34. The second-order valence-corrected chi connectivity index (χ2v) is 9.00. The topological polar surface area (TPSA) is 59.8 Å². The summed E-state index contributed by atoms with van der Waals surface area (Å²) in [6.45, 7) is 5.67. The number of nitrogens with one attached hydrogen (secondary N) is 1. The van der Waals surface area contributed by atoms with Crippen LogP contribution in [0.4, 0.5) is 0 Å². The summed E-state index contributed by atoms with van der Waals surface area (Å²) in [5.74, 6) is 1.79. The van der Waals surface area contributed by atoms with Crippen molar-refractivity contribution in [1.29, 1.82) is 0 Å². The quantitative estimate of drug-likeness (QED) is 0.509. The molecule has 0 aliphatic carbocycles. The highest BCUT2D eigenvalue weighted by molar-refractivity contribution is 7.99. The Hall–Kier alpha value is -2.12. The van der Waals surface area contributed by atoms with E-state index in [-0.39, 0.29) is 5.91 Å². The van der Waals surface area contributed by atoms with Crippen molar-refractivity contribution < 1.29 is 4.79 Å². The molecule has 1 aromatic carbocycles. The molecule has 1 amide bonds. The van der Waals surface area contributed by atoms with Gasteiger partial charge in [0.2, 0.25) is 5.91 Å². The second-order valence-electron chi connectivity index (χ2n) is 7.03. The number of amides is 1. The van der Waals surface area contributed by atoms with Gasteiger partial charge in [0, 0.05) is 24.4 Å². The molecule has 2 heterocycles. The molecule has 2 aromatic heterocycles. The lowest BCUT2D eigenvalue weighted by Crippen LogP contribution is -2.28. The fraction of sp³-hybridized carbons (Fsp3) is 0.381. The van der Waals surface area contributed by atoms with E-state index in [4.69, 9.17) is 0 Å². The predicted molar refractivity (Wildman–Crippen MR) is 116 cm³/mol. The van der Waals surface area contributed by atoms with Crippen molar-refractivity contribution >= 4 is 29.0 Å². The van der Waals surface area contributed by atoms with E-state index in [0.717, 1.165) is 30.4 Å². The van der Waals surface area contributed by atoms with Crippen molar-refractivity contribution in [3.8, 4) is 0 Å². The number of benzene rings is 1. The molecule has 0 aliphatic rings. The van der Waals surface area contributed by atoms with Gasteiger partial charge in [-0.3, -0.25) is 4.79 Å². The van der Waals surface area contributed by atoms with Crippen molar-refractivity contribution in [2.24, 2.45) is 5.92 Å². The van der Waals surface area contributed by atoms with Crippen LogP contribution >= 0.6 is 23.1 Å². The van der Waals surface area contributed by atoms with Crippen molar-refractivity contribution in [3.05, 3.63) is 64.1 Å². The first-order valence-corrected chi connectivity index (χ1v) is 11.4. The molecule has 0 unspecified atom stereocenters.